The van der Waals surface area contributed by atoms with E-state index in [2.05, 4.69) is 22.5 Å². The van der Waals surface area contributed by atoms with Crippen LogP contribution in [0.5, 0.6) is 0 Å². The van der Waals surface area contributed by atoms with E-state index in [9.17, 15) is 14.4 Å². The van der Waals surface area contributed by atoms with E-state index in [0.29, 0.717) is 23.9 Å². The van der Waals surface area contributed by atoms with Gasteiger partial charge in [0.15, 0.2) is 0 Å². The molecule has 4 rings (SSSR count). The van der Waals surface area contributed by atoms with E-state index in [1.165, 1.54) is 12.8 Å². The summed E-state index contributed by atoms with van der Waals surface area (Å²) in [4.78, 5) is 40.9. The van der Waals surface area contributed by atoms with Crippen molar-refractivity contribution in [3.05, 3.63) is 29.3 Å². The molecule has 1 saturated carbocycles. The maximum Gasteiger partial charge on any atom is 0.251 e. The predicted molar refractivity (Wildman–Crippen MR) is 115 cm³/mol. The highest BCUT2D eigenvalue weighted by Gasteiger charge is 2.37. The van der Waals surface area contributed by atoms with Crippen LogP contribution in [0.25, 0.3) is 0 Å². The Kier molecular flexibility index (Phi) is 5.82. The van der Waals surface area contributed by atoms with E-state index in [4.69, 9.17) is 0 Å². The molecular formula is C23H32N4O3. The van der Waals surface area contributed by atoms with Crippen molar-refractivity contribution in [1.29, 1.82) is 0 Å². The van der Waals surface area contributed by atoms with E-state index in [0.717, 1.165) is 50.1 Å². The molecule has 30 heavy (non-hydrogen) atoms. The second-order valence-corrected chi connectivity index (χ2v) is 9.28. The van der Waals surface area contributed by atoms with Crippen molar-refractivity contribution in [3.8, 4) is 0 Å². The average molecular weight is 413 g/mol. The number of benzene rings is 1. The maximum absolute atomic E-state index is 12.7. The molecule has 7 nitrogen and oxygen atoms in total. The second kappa shape index (κ2) is 8.38. The number of nitrogens with zero attached hydrogens (tertiary/aromatic N) is 2. The quantitative estimate of drug-likeness (QED) is 0.714. The standard InChI is InChI=1S/C23H32N4O3/c1-23(7-8-23)9-10-25-20(28)15-26-11-5-18(6-12-26)27-19-4-3-16(22(30)24-2)13-17(19)14-21(27)29/h3-4,13,18H,5-12,14-15H2,1-2H3,(H,24,30)(H,25,28). The fraction of sp³-hybridized carbons (Fsp3) is 0.609. The molecule has 3 aliphatic rings. The monoisotopic (exact) mass is 412 g/mol. The van der Waals surface area contributed by atoms with Gasteiger partial charge in [0.1, 0.15) is 0 Å². The van der Waals surface area contributed by atoms with Gasteiger partial charge in [0.2, 0.25) is 11.8 Å². The molecule has 0 bridgehead atoms. The Hall–Kier alpha value is -2.41. The van der Waals surface area contributed by atoms with E-state index >= 15 is 0 Å². The van der Waals surface area contributed by atoms with E-state index in [1.54, 1.807) is 13.1 Å². The third kappa shape index (κ3) is 4.51. The number of hydrogen-bond acceptors (Lipinski definition) is 4. The summed E-state index contributed by atoms with van der Waals surface area (Å²) >= 11 is 0. The number of likely N-dealkylation sites (tertiary alicyclic amines) is 1. The number of rotatable bonds is 7. The van der Waals surface area contributed by atoms with Crippen LogP contribution in [-0.4, -0.2) is 61.9 Å². The van der Waals surface area contributed by atoms with Gasteiger partial charge in [-0.15, -0.1) is 0 Å². The molecular weight excluding hydrogens is 380 g/mol. The van der Waals surface area contributed by atoms with Crippen LogP contribution < -0.4 is 15.5 Å². The number of nitrogens with one attached hydrogen (secondary N) is 2. The van der Waals surface area contributed by atoms with Crippen molar-refractivity contribution in [2.24, 2.45) is 5.41 Å². The molecule has 7 heteroatoms. The molecule has 1 saturated heterocycles. The zero-order chi connectivity index (χ0) is 21.3. The van der Waals surface area contributed by atoms with Crippen LogP contribution in [0, 0.1) is 5.41 Å². The van der Waals surface area contributed by atoms with E-state index < -0.39 is 0 Å². The first-order valence-corrected chi connectivity index (χ1v) is 11.0. The van der Waals surface area contributed by atoms with Crippen molar-refractivity contribution in [2.45, 2.75) is 51.5 Å². The van der Waals surface area contributed by atoms with Gasteiger partial charge < -0.3 is 15.5 Å². The topological polar surface area (TPSA) is 81.8 Å². The molecule has 0 unspecified atom stereocenters. The number of anilines is 1. The van der Waals surface area contributed by atoms with Crippen molar-refractivity contribution in [1.82, 2.24) is 15.5 Å². The molecule has 3 amide bonds. The van der Waals surface area contributed by atoms with Crippen LogP contribution in [0.1, 0.15) is 54.9 Å². The lowest BCUT2D eigenvalue weighted by molar-refractivity contribution is -0.123. The molecule has 0 aromatic heterocycles. The lowest BCUT2D eigenvalue weighted by Crippen LogP contribution is -2.48. The molecule has 1 aromatic rings. The Morgan fingerprint density at radius 1 is 1.20 bits per heavy atom. The Bertz CT molecular complexity index is 841. The van der Waals surface area contributed by atoms with Crippen molar-refractivity contribution in [3.63, 3.8) is 0 Å². The molecule has 2 N–H and O–H groups in total. The highest BCUT2D eigenvalue weighted by Crippen LogP contribution is 2.47. The minimum Gasteiger partial charge on any atom is -0.355 e. The highest BCUT2D eigenvalue weighted by molar-refractivity contribution is 6.03. The summed E-state index contributed by atoms with van der Waals surface area (Å²) < 4.78 is 0. The van der Waals surface area contributed by atoms with Gasteiger partial charge in [0.25, 0.3) is 5.91 Å². The highest BCUT2D eigenvalue weighted by atomic mass is 16.2. The Labute approximate surface area is 178 Å². The van der Waals surface area contributed by atoms with Crippen LogP contribution in [-0.2, 0) is 16.0 Å². The SMILES string of the molecule is CNC(=O)c1ccc2c(c1)CC(=O)N2C1CCN(CC(=O)NCCC2(C)CC2)CC1. The molecule has 2 heterocycles. The zero-order valence-corrected chi connectivity index (χ0v) is 18.0. The maximum atomic E-state index is 12.7. The average Bonchev–Trinajstić information content (AvgIpc) is 3.37. The van der Waals surface area contributed by atoms with Crippen LogP contribution in [0.3, 0.4) is 0 Å². The van der Waals surface area contributed by atoms with Gasteiger partial charge >= 0.3 is 0 Å². The van der Waals surface area contributed by atoms with E-state index in [1.807, 2.05) is 17.0 Å². The molecule has 1 aromatic carbocycles. The second-order valence-electron chi connectivity index (χ2n) is 9.28. The fourth-order valence-corrected chi connectivity index (χ4v) is 4.59. The molecule has 2 fully saturated rings. The smallest absolute Gasteiger partial charge is 0.251 e. The van der Waals surface area contributed by atoms with Gasteiger partial charge in [-0.3, -0.25) is 19.3 Å². The third-order valence-electron chi connectivity index (χ3n) is 6.88. The number of fused-ring (bicyclic) bond motifs is 1. The van der Waals surface area contributed by atoms with Crippen LogP contribution >= 0.6 is 0 Å². The molecule has 1 aliphatic carbocycles. The first-order valence-electron chi connectivity index (χ1n) is 11.0. The summed E-state index contributed by atoms with van der Waals surface area (Å²) in [5.41, 5.74) is 2.90. The minimum atomic E-state index is -0.137. The van der Waals surface area contributed by atoms with Gasteiger partial charge in [0.05, 0.1) is 13.0 Å². The van der Waals surface area contributed by atoms with E-state index in [-0.39, 0.29) is 23.8 Å². The van der Waals surface area contributed by atoms with Crippen molar-refractivity contribution in [2.75, 3.05) is 38.1 Å². The number of carbonyl (C=O) groups is 3. The predicted octanol–water partition coefficient (Wildman–Crippen LogP) is 1.71. The molecule has 0 atom stereocenters. The van der Waals surface area contributed by atoms with Crippen molar-refractivity contribution < 1.29 is 14.4 Å². The first kappa shape index (κ1) is 20.8. The zero-order valence-electron chi connectivity index (χ0n) is 18.0. The van der Waals surface area contributed by atoms with Crippen LogP contribution in [0.2, 0.25) is 0 Å². The number of carbonyl (C=O) groups excluding carboxylic acids is 3. The van der Waals surface area contributed by atoms with Crippen molar-refractivity contribution >= 4 is 23.4 Å². The normalized spacial score (nSPS) is 20.7. The van der Waals surface area contributed by atoms with Crippen LogP contribution in [0.15, 0.2) is 18.2 Å². The number of amides is 3. The number of hydrogen-bond donors (Lipinski definition) is 2. The summed E-state index contributed by atoms with van der Waals surface area (Å²) in [6, 6.07) is 5.65. The third-order valence-corrected chi connectivity index (χ3v) is 6.88. The van der Waals surface area contributed by atoms with Gasteiger partial charge in [-0.05, 0) is 61.3 Å². The van der Waals surface area contributed by atoms with Gasteiger partial charge in [0, 0.05) is 44.0 Å². The molecule has 162 valence electrons. The summed E-state index contributed by atoms with van der Waals surface area (Å²) in [6.45, 7) is 5.10. The first-order chi connectivity index (χ1) is 14.4. The summed E-state index contributed by atoms with van der Waals surface area (Å²) in [7, 11) is 1.61. The summed E-state index contributed by atoms with van der Waals surface area (Å²) in [5.74, 6) is 0.0624. The molecule has 0 radical (unpaired) electrons. The summed E-state index contributed by atoms with van der Waals surface area (Å²) in [6.07, 6.45) is 5.69. The Morgan fingerprint density at radius 3 is 2.60 bits per heavy atom. The lowest BCUT2D eigenvalue weighted by Gasteiger charge is -2.36. The Morgan fingerprint density at radius 2 is 1.93 bits per heavy atom. The van der Waals surface area contributed by atoms with Gasteiger partial charge in [-0.1, -0.05) is 6.92 Å². The lowest BCUT2D eigenvalue weighted by atomic mass is 10.0. The van der Waals surface area contributed by atoms with Gasteiger partial charge in [-0.2, -0.15) is 0 Å². The molecule has 0 spiro atoms. The summed E-state index contributed by atoms with van der Waals surface area (Å²) in [5, 5.41) is 5.68. The Balaban J connectivity index is 1.28. The van der Waals surface area contributed by atoms with Crippen LogP contribution in [0.4, 0.5) is 5.69 Å². The van der Waals surface area contributed by atoms with Gasteiger partial charge in [-0.25, -0.2) is 0 Å². The minimum absolute atomic E-state index is 0.0991. The fourth-order valence-electron chi connectivity index (χ4n) is 4.59. The number of piperidine rings is 1. The molecule has 2 aliphatic heterocycles. The largest absolute Gasteiger partial charge is 0.355 e.